The van der Waals surface area contributed by atoms with E-state index in [2.05, 4.69) is 46.4 Å². The average Bonchev–Trinajstić information content (AvgIpc) is 2.87. The molecule has 3 heteroatoms. The molecular weight excluding hydrogens is 314 g/mol. The predicted octanol–water partition coefficient (Wildman–Crippen LogP) is 4.42. The molecule has 1 aromatic carbocycles. The zero-order chi connectivity index (χ0) is 14.4. The Morgan fingerprint density at radius 1 is 1.30 bits per heavy atom. The van der Waals surface area contributed by atoms with Crippen LogP contribution in [0.4, 0.5) is 0 Å². The minimum atomic E-state index is 0.794. The molecule has 0 spiro atoms. The fourth-order valence-electron chi connectivity index (χ4n) is 3.30. The van der Waals surface area contributed by atoms with Gasteiger partial charge in [-0.15, -0.1) is 0 Å². The van der Waals surface area contributed by atoms with Crippen molar-refractivity contribution < 1.29 is 4.74 Å². The molecule has 1 saturated carbocycles. The Hall–Kier alpha value is -0.540. The Labute approximate surface area is 131 Å². The Bertz CT molecular complexity index is 421. The normalized spacial score (nSPS) is 22.1. The lowest BCUT2D eigenvalue weighted by atomic mass is 9.89. The summed E-state index contributed by atoms with van der Waals surface area (Å²) in [5.41, 5.74) is 1.34. The van der Waals surface area contributed by atoms with Gasteiger partial charge in [0.25, 0.3) is 0 Å². The summed E-state index contributed by atoms with van der Waals surface area (Å²) in [5, 5.41) is 3.59. The largest absolute Gasteiger partial charge is 0.496 e. The van der Waals surface area contributed by atoms with E-state index in [-0.39, 0.29) is 0 Å². The maximum Gasteiger partial charge on any atom is 0.122 e. The first-order chi connectivity index (χ1) is 9.74. The van der Waals surface area contributed by atoms with Gasteiger partial charge in [0.05, 0.1) is 7.11 Å². The summed E-state index contributed by atoms with van der Waals surface area (Å²) >= 11 is 3.57. The van der Waals surface area contributed by atoms with E-state index in [1.807, 2.05) is 0 Å². The SMILES string of the molecule is CCCNCC1CCCC1Cc1cc(Br)ccc1OC. The molecule has 1 aliphatic rings. The molecule has 2 unspecified atom stereocenters. The van der Waals surface area contributed by atoms with Gasteiger partial charge >= 0.3 is 0 Å². The summed E-state index contributed by atoms with van der Waals surface area (Å²) in [5.74, 6) is 2.65. The first-order valence-corrected chi connectivity index (χ1v) is 8.57. The van der Waals surface area contributed by atoms with Crippen molar-refractivity contribution in [3.05, 3.63) is 28.2 Å². The molecule has 1 aliphatic carbocycles. The maximum absolute atomic E-state index is 5.51. The Balaban J connectivity index is 1.99. The van der Waals surface area contributed by atoms with E-state index in [1.54, 1.807) is 7.11 Å². The van der Waals surface area contributed by atoms with Crippen LogP contribution in [0.5, 0.6) is 5.75 Å². The van der Waals surface area contributed by atoms with Gasteiger partial charge in [0.2, 0.25) is 0 Å². The van der Waals surface area contributed by atoms with Crippen molar-refractivity contribution in [1.29, 1.82) is 0 Å². The van der Waals surface area contributed by atoms with Gasteiger partial charge < -0.3 is 10.1 Å². The second kappa shape index (κ2) is 8.04. The van der Waals surface area contributed by atoms with Crippen LogP contribution in [0.3, 0.4) is 0 Å². The van der Waals surface area contributed by atoms with Crippen LogP contribution < -0.4 is 10.1 Å². The first kappa shape index (κ1) is 15.8. The van der Waals surface area contributed by atoms with Crippen molar-refractivity contribution in [2.45, 2.75) is 39.0 Å². The topological polar surface area (TPSA) is 21.3 Å². The molecule has 2 atom stereocenters. The third kappa shape index (κ3) is 4.23. The molecule has 20 heavy (non-hydrogen) atoms. The van der Waals surface area contributed by atoms with Crippen LogP contribution in [0.2, 0.25) is 0 Å². The van der Waals surface area contributed by atoms with E-state index in [0.29, 0.717) is 0 Å². The van der Waals surface area contributed by atoms with Crippen molar-refractivity contribution in [2.24, 2.45) is 11.8 Å². The first-order valence-electron chi connectivity index (χ1n) is 7.77. The molecular formula is C17H26BrNO. The number of ether oxygens (including phenoxy) is 1. The van der Waals surface area contributed by atoms with Crippen LogP contribution in [0.25, 0.3) is 0 Å². The standard InChI is InChI=1S/C17H26BrNO/c1-3-9-19-12-14-6-4-5-13(14)10-15-11-16(18)7-8-17(15)20-2/h7-8,11,13-14,19H,3-6,9-10,12H2,1-2H3. The number of rotatable bonds is 7. The Morgan fingerprint density at radius 3 is 2.85 bits per heavy atom. The van der Waals surface area contributed by atoms with Gasteiger partial charge in [-0.3, -0.25) is 0 Å². The van der Waals surface area contributed by atoms with E-state index in [4.69, 9.17) is 4.74 Å². The van der Waals surface area contributed by atoms with Crippen molar-refractivity contribution >= 4 is 15.9 Å². The molecule has 112 valence electrons. The monoisotopic (exact) mass is 339 g/mol. The molecule has 1 aromatic rings. The van der Waals surface area contributed by atoms with Crippen LogP contribution >= 0.6 is 15.9 Å². The molecule has 0 amide bonds. The molecule has 0 heterocycles. The quantitative estimate of drug-likeness (QED) is 0.742. The molecule has 0 aromatic heterocycles. The number of hydrogen-bond acceptors (Lipinski definition) is 2. The molecule has 1 N–H and O–H groups in total. The predicted molar refractivity (Wildman–Crippen MR) is 88.4 cm³/mol. The zero-order valence-electron chi connectivity index (χ0n) is 12.6. The second-order valence-corrected chi connectivity index (χ2v) is 6.73. The highest BCUT2D eigenvalue weighted by Crippen LogP contribution is 2.36. The highest BCUT2D eigenvalue weighted by molar-refractivity contribution is 9.10. The molecule has 0 bridgehead atoms. The molecule has 0 saturated heterocycles. The van der Waals surface area contributed by atoms with Crippen LogP contribution in [0.1, 0.15) is 38.2 Å². The minimum absolute atomic E-state index is 0.794. The molecule has 0 radical (unpaired) electrons. The van der Waals surface area contributed by atoms with Gasteiger partial charge in [-0.2, -0.15) is 0 Å². The lowest BCUT2D eigenvalue weighted by Gasteiger charge is -2.21. The third-order valence-corrected chi connectivity index (χ3v) is 4.87. The average molecular weight is 340 g/mol. The van der Waals surface area contributed by atoms with E-state index >= 15 is 0 Å². The van der Waals surface area contributed by atoms with Gasteiger partial charge in [-0.1, -0.05) is 29.3 Å². The summed E-state index contributed by atoms with van der Waals surface area (Å²) in [6, 6.07) is 6.34. The number of benzene rings is 1. The van der Waals surface area contributed by atoms with Crippen molar-refractivity contribution in [3.63, 3.8) is 0 Å². The third-order valence-electron chi connectivity index (χ3n) is 4.37. The van der Waals surface area contributed by atoms with E-state index in [1.165, 1.54) is 37.8 Å². The van der Waals surface area contributed by atoms with Crippen molar-refractivity contribution in [1.82, 2.24) is 5.32 Å². The lowest BCUT2D eigenvalue weighted by Crippen LogP contribution is -2.26. The van der Waals surface area contributed by atoms with E-state index < -0.39 is 0 Å². The number of hydrogen-bond donors (Lipinski definition) is 1. The van der Waals surface area contributed by atoms with Crippen molar-refractivity contribution in [3.8, 4) is 5.75 Å². The summed E-state index contributed by atoms with van der Waals surface area (Å²) in [7, 11) is 1.77. The molecule has 1 fully saturated rings. The highest BCUT2D eigenvalue weighted by Gasteiger charge is 2.27. The van der Waals surface area contributed by atoms with Crippen LogP contribution in [-0.2, 0) is 6.42 Å². The molecule has 2 nitrogen and oxygen atoms in total. The van der Waals surface area contributed by atoms with Gasteiger partial charge in [0, 0.05) is 4.47 Å². The smallest absolute Gasteiger partial charge is 0.122 e. The summed E-state index contributed by atoms with van der Waals surface area (Å²) in [6.45, 7) is 4.55. The van der Waals surface area contributed by atoms with Gasteiger partial charge in [-0.05, 0) is 74.4 Å². The minimum Gasteiger partial charge on any atom is -0.496 e. The van der Waals surface area contributed by atoms with E-state index in [9.17, 15) is 0 Å². The maximum atomic E-state index is 5.51. The number of methoxy groups -OCH3 is 1. The van der Waals surface area contributed by atoms with Crippen LogP contribution in [0, 0.1) is 11.8 Å². The van der Waals surface area contributed by atoms with E-state index in [0.717, 1.165) is 35.0 Å². The summed E-state index contributed by atoms with van der Waals surface area (Å²) < 4.78 is 6.65. The molecule has 2 rings (SSSR count). The van der Waals surface area contributed by atoms with Gasteiger partial charge in [-0.25, -0.2) is 0 Å². The zero-order valence-corrected chi connectivity index (χ0v) is 14.2. The molecule has 0 aliphatic heterocycles. The van der Waals surface area contributed by atoms with Crippen LogP contribution in [-0.4, -0.2) is 20.2 Å². The summed E-state index contributed by atoms with van der Waals surface area (Å²) in [4.78, 5) is 0. The Kier molecular flexibility index (Phi) is 6.37. The van der Waals surface area contributed by atoms with Gasteiger partial charge in [0.1, 0.15) is 5.75 Å². The van der Waals surface area contributed by atoms with Gasteiger partial charge in [0.15, 0.2) is 0 Å². The number of halogens is 1. The Morgan fingerprint density at radius 2 is 2.10 bits per heavy atom. The fraction of sp³-hybridized carbons (Fsp3) is 0.647. The number of nitrogens with one attached hydrogen (secondary N) is 1. The van der Waals surface area contributed by atoms with Crippen molar-refractivity contribution in [2.75, 3.05) is 20.2 Å². The highest BCUT2D eigenvalue weighted by atomic mass is 79.9. The summed E-state index contributed by atoms with van der Waals surface area (Å²) in [6.07, 6.45) is 6.46. The fourth-order valence-corrected chi connectivity index (χ4v) is 3.71. The lowest BCUT2D eigenvalue weighted by molar-refractivity contribution is 0.355. The second-order valence-electron chi connectivity index (χ2n) is 5.82. The van der Waals surface area contributed by atoms with Crippen LogP contribution in [0.15, 0.2) is 22.7 Å².